The van der Waals surface area contributed by atoms with Crippen molar-refractivity contribution in [3.8, 4) is 0 Å². The smallest absolute Gasteiger partial charge is 0.173 e. The zero-order chi connectivity index (χ0) is 19.6. The molecule has 2 N–H and O–H groups in total. The van der Waals surface area contributed by atoms with E-state index in [2.05, 4.69) is 73.7 Å². The van der Waals surface area contributed by atoms with E-state index in [0.29, 0.717) is 0 Å². The van der Waals surface area contributed by atoms with Crippen LogP contribution in [-0.4, -0.2) is 36.7 Å². The largest absolute Gasteiger partial charge is 0.344 e. The molecule has 2 rings (SSSR count). The number of rotatable bonds is 10. The van der Waals surface area contributed by atoms with Crippen molar-refractivity contribution in [1.29, 1.82) is 0 Å². The van der Waals surface area contributed by atoms with Gasteiger partial charge in [-0.1, -0.05) is 31.5 Å². The molecule has 0 bridgehead atoms. The van der Waals surface area contributed by atoms with Crippen molar-refractivity contribution in [2.45, 2.75) is 46.6 Å². The Morgan fingerprint density at radius 3 is 2.67 bits per heavy atom. The fourth-order valence-corrected chi connectivity index (χ4v) is 4.07. The number of nitrogens with one attached hydrogen (secondary N) is 2. The van der Waals surface area contributed by atoms with E-state index in [1.54, 1.807) is 16.2 Å². The van der Waals surface area contributed by atoms with Gasteiger partial charge in [-0.15, -0.1) is 11.3 Å². The highest BCUT2D eigenvalue weighted by atomic mass is 32.1. The molecule has 3 nitrogen and oxygen atoms in total. The molecule has 1 heterocycles. The van der Waals surface area contributed by atoms with Crippen LogP contribution in [0.25, 0.3) is 0 Å². The van der Waals surface area contributed by atoms with Crippen LogP contribution in [0.4, 0.5) is 5.69 Å². The highest BCUT2D eigenvalue weighted by Crippen LogP contribution is 2.18. The summed E-state index contributed by atoms with van der Waals surface area (Å²) in [6.45, 7) is 10.8. The van der Waals surface area contributed by atoms with Gasteiger partial charge in [0.25, 0.3) is 0 Å². The van der Waals surface area contributed by atoms with Crippen LogP contribution in [0.1, 0.15) is 42.2 Å². The first-order chi connectivity index (χ1) is 13.0. The van der Waals surface area contributed by atoms with Crippen molar-refractivity contribution in [2.24, 2.45) is 0 Å². The Balaban J connectivity index is 1.98. The van der Waals surface area contributed by atoms with Gasteiger partial charge in [0.2, 0.25) is 0 Å². The monoisotopic (exact) mass is 404 g/mol. The summed E-state index contributed by atoms with van der Waals surface area (Å²) in [5, 5.41) is 6.45. The Morgan fingerprint density at radius 1 is 1.19 bits per heavy atom. The van der Waals surface area contributed by atoms with E-state index < -0.39 is 0 Å². The predicted molar refractivity (Wildman–Crippen MR) is 123 cm³/mol. The summed E-state index contributed by atoms with van der Waals surface area (Å²) in [5.41, 5.74) is 3.58. The van der Waals surface area contributed by atoms with Gasteiger partial charge in [0.05, 0.1) is 26.7 Å². The summed E-state index contributed by atoms with van der Waals surface area (Å²) in [5.74, 6) is 0. The van der Waals surface area contributed by atoms with Crippen molar-refractivity contribution in [3.05, 3.63) is 51.7 Å². The fraction of sp³-hybridized carbons (Fsp3) is 0.500. The molecule has 0 aliphatic carbocycles. The van der Waals surface area contributed by atoms with Crippen LogP contribution in [0.5, 0.6) is 0 Å². The van der Waals surface area contributed by atoms with E-state index in [4.69, 9.17) is 12.2 Å². The average Bonchev–Trinajstić information content (AvgIpc) is 3.15. The van der Waals surface area contributed by atoms with Crippen LogP contribution < -0.4 is 10.2 Å². The Morgan fingerprint density at radius 2 is 1.96 bits per heavy atom. The van der Waals surface area contributed by atoms with E-state index in [9.17, 15) is 0 Å². The lowest BCUT2D eigenvalue weighted by Gasteiger charge is -2.26. The van der Waals surface area contributed by atoms with Gasteiger partial charge in [0, 0.05) is 23.5 Å². The lowest BCUT2D eigenvalue weighted by atomic mass is 10.1. The molecule has 1 atom stereocenters. The maximum atomic E-state index is 5.80. The summed E-state index contributed by atoms with van der Waals surface area (Å²) in [6, 6.07) is 10.8. The molecule has 148 valence electrons. The number of unbranched alkanes of at least 4 members (excludes halogenated alkanes) is 1. The first-order valence-corrected chi connectivity index (χ1v) is 11.2. The SMILES string of the molecule is CCCC[NH+](C)CCCN(Cc1cccs1)C(=S)Nc1cc(C)ccc1C. The molecule has 0 saturated heterocycles. The van der Waals surface area contributed by atoms with Crippen LogP contribution >= 0.6 is 23.6 Å². The molecule has 1 aromatic heterocycles. The maximum Gasteiger partial charge on any atom is 0.173 e. The van der Waals surface area contributed by atoms with Crippen LogP contribution in [0.3, 0.4) is 0 Å². The van der Waals surface area contributed by atoms with Crippen molar-refractivity contribution >= 4 is 34.4 Å². The van der Waals surface area contributed by atoms with Gasteiger partial charge >= 0.3 is 0 Å². The number of aryl methyl sites for hydroxylation is 2. The molecule has 0 aliphatic heterocycles. The number of thiocarbonyl (C=S) groups is 1. The van der Waals surface area contributed by atoms with Crippen molar-refractivity contribution < 1.29 is 4.90 Å². The Labute approximate surface area is 174 Å². The molecule has 2 aromatic rings. The molecule has 1 aromatic carbocycles. The third kappa shape index (κ3) is 7.60. The summed E-state index contributed by atoms with van der Waals surface area (Å²) in [4.78, 5) is 5.28. The quantitative estimate of drug-likeness (QED) is 0.577. The molecular weight excluding hydrogens is 370 g/mol. The van der Waals surface area contributed by atoms with Gasteiger partial charge < -0.3 is 15.1 Å². The summed E-state index contributed by atoms with van der Waals surface area (Å²) in [6.07, 6.45) is 3.72. The van der Waals surface area contributed by atoms with E-state index in [0.717, 1.165) is 30.3 Å². The maximum absolute atomic E-state index is 5.80. The Kier molecular flexibility index (Phi) is 9.25. The predicted octanol–water partition coefficient (Wildman–Crippen LogP) is 4.27. The van der Waals surface area contributed by atoms with Crippen LogP contribution in [0.2, 0.25) is 0 Å². The topological polar surface area (TPSA) is 19.7 Å². The number of thiophene rings is 1. The molecule has 0 amide bonds. The first kappa shape index (κ1) is 21.9. The Hall–Kier alpha value is -1.43. The second-order valence-corrected chi connectivity index (χ2v) is 8.83. The van der Waals surface area contributed by atoms with Gasteiger partial charge in [-0.2, -0.15) is 0 Å². The standard InChI is InChI=1S/C22H33N3S2/c1-5-6-12-24(4)13-8-14-25(17-20-9-7-15-27-20)22(26)23-21-16-18(2)10-11-19(21)3/h7,9-11,15-16H,5-6,8,12-14,17H2,1-4H3,(H,23,26)/p+1. The molecule has 27 heavy (non-hydrogen) atoms. The molecule has 0 aliphatic rings. The minimum Gasteiger partial charge on any atom is -0.344 e. The first-order valence-electron chi connectivity index (χ1n) is 9.96. The van der Waals surface area contributed by atoms with E-state index in [1.165, 1.54) is 41.9 Å². The summed E-state index contributed by atoms with van der Waals surface area (Å²) < 4.78 is 0. The summed E-state index contributed by atoms with van der Waals surface area (Å²) in [7, 11) is 2.30. The van der Waals surface area contributed by atoms with Crippen molar-refractivity contribution in [1.82, 2.24) is 4.90 Å². The third-order valence-corrected chi connectivity index (χ3v) is 6.06. The lowest BCUT2D eigenvalue weighted by Crippen LogP contribution is -3.09. The van der Waals surface area contributed by atoms with Crippen molar-refractivity contribution in [3.63, 3.8) is 0 Å². The molecule has 5 heteroatoms. The zero-order valence-corrected chi connectivity index (χ0v) is 18.8. The lowest BCUT2D eigenvalue weighted by molar-refractivity contribution is -0.880. The van der Waals surface area contributed by atoms with Crippen molar-refractivity contribution in [2.75, 3.05) is 32.0 Å². The van der Waals surface area contributed by atoms with Crippen LogP contribution in [-0.2, 0) is 6.54 Å². The number of hydrogen-bond acceptors (Lipinski definition) is 2. The molecule has 0 radical (unpaired) electrons. The highest BCUT2D eigenvalue weighted by molar-refractivity contribution is 7.80. The van der Waals surface area contributed by atoms with Crippen LogP contribution in [0.15, 0.2) is 35.7 Å². The number of anilines is 1. The molecule has 1 unspecified atom stereocenters. The molecule has 0 saturated carbocycles. The normalized spacial score (nSPS) is 12.0. The van der Waals surface area contributed by atoms with Gasteiger partial charge in [-0.25, -0.2) is 0 Å². The van der Waals surface area contributed by atoms with E-state index in [-0.39, 0.29) is 0 Å². The number of nitrogens with zero attached hydrogens (tertiary/aromatic N) is 1. The number of benzene rings is 1. The fourth-order valence-electron chi connectivity index (χ4n) is 3.08. The minimum atomic E-state index is 0.823. The number of quaternary nitrogens is 1. The van der Waals surface area contributed by atoms with E-state index >= 15 is 0 Å². The Bertz CT molecular complexity index is 698. The van der Waals surface area contributed by atoms with Gasteiger partial charge in [0.1, 0.15) is 0 Å². The van der Waals surface area contributed by atoms with Crippen LogP contribution in [0, 0.1) is 13.8 Å². The summed E-state index contributed by atoms with van der Waals surface area (Å²) >= 11 is 7.59. The second kappa shape index (κ2) is 11.4. The number of hydrogen-bond donors (Lipinski definition) is 2. The van der Waals surface area contributed by atoms with E-state index in [1.807, 2.05) is 0 Å². The third-order valence-electron chi connectivity index (χ3n) is 4.84. The molecule has 0 spiro atoms. The average molecular weight is 405 g/mol. The zero-order valence-electron chi connectivity index (χ0n) is 17.2. The van der Waals surface area contributed by atoms with Gasteiger partial charge in [-0.05, 0) is 61.1 Å². The molecule has 0 fully saturated rings. The highest BCUT2D eigenvalue weighted by Gasteiger charge is 2.13. The van der Waals surface area contributed by atoms with Gasteiger partial charge in [-0.3, -0.25) is 0 Å². The molecular formula is C22H34N3S2+. The minimum absolute atomic E-state index is 0.823. The second-order valence-electron chi connectivity index (χ2n) is 7.41. The van der Waals surface area contributed by atoms with Gasteiger partial charge in [0.15, 0.2) is 5.11 Å².